The van der Waals surface area contributed by atoms with Crippen LogP contribution in [0.4, 0.5) is 5.13 Å². The lowest BCUT2D eigenvalue weighted by Crippen LogP contribution is -2.39. The summed E-state index contributed by atoms with van der Waals surface area (Å²) in [6.07, 6.45) is 3.27. The van der Waals surface area contributed by atoms with Crippen LogP contribution in [0.2, 0.25) is 5.02 Å². The van der Waals surface area contributed by atoms with Gasteiger partial charge in [-0.1, -0.05) is 36.7 Å². The van der Waals surface area contributed by atoms with Crippen LogP contribution in [0, 0.1) is 0 Å². The molecule has 0 bridgehead atoms. The lowest BCUT2D eigenvalue weighted by Gasteiger charge is -2.20. The van der Waals surface area contributed by atoms with Crippen molar-refractivity contribution in [3.8, 4) is 0 Å². The number of carbonyl (C=O) groups is 1. The first-order chi connectivity index (χ1) is 10.5. The summed E-state index contributed by atoms with van der Waals surface area (Å²) in [7, 11) is 3.80. The van der Waals surface area contributed by atoms with E-state index < -0.39 is 0 Å². The molecule has 1 atom stereocenters. The molecule has 0 aliphatic carbocycles. The fourth-order valence-electron chi connectivity index (χ4n) is 2.25. The van der Waals surface area contributed by atoms with Gasteiger partial charge in [0.15, 0.2) is 5.13 Å². The Morgan fingerprint density at radius 1 is 1.41 bits per heavy atom. The number of nitrogens with zero attached hydrogens (tertiary/aromatic N) is 2. The van der Waals surface area contributed by atoms with Gasteiger partial charge in [0.25, 0.3) is 0 Å². The van der Waals surface area contributed by atoms with Crippen LogP contribution in [0.5, 0.6) is 0 Å². The zero-order valence-corrected chi connectivity index (χ0v) is 14.5. The Balaban J connectivity index is 2.03. The summed E-state index contributed by atoms with van der Waals surface area (Å²) in [5, 5.41) is 4.27. The number of anilines is 1. The van der Waals surface area contributed by atoms with Crippen LogP contribution in [0.25, 0.3) is 0 Å². The first-order valence-electron chi connectivity index (χ1n) is 7.16. The largest absolute Gasteiger partial charge is 0.301 e. The molecule has 22 heavy (non-hydrogen) atoms. The van der Waals surface area contributed by atoms with Crippen molar-refractivity contribution < 1.29 is 4.79 Å². The van der Waals surface area contributed by atoms with E-state index in [1.165, 1.54) is 11.3 Å². The number of hydrogen-bond donors (Lipinski definition) is 1. The summed E-state index contributed by atoms with van der Waals surface area (Å²) in [6, 6.07) is 7.61. The van der Waals surface area contributed by atoms with Crippen molar-refractivity contribution in [2.75, 3.05) is 19.4 Å². The van der Waals surface area contributed by atoms with E-state index in [1.807, 2.05) is 50.2 Å². The summed E-state index contributed by atoms with van der Waals surface area (Å²) < 4.78 is 0. The number of carbonyl (C=O) groups excluding carboxylic acids is 1. The molecule has 1 amide bonds. The number of aromatic nitrogens is 1. The number of hydrogen-bond acceptors (Lipinski definition) is 4. The second-order valence-electron chi connectivity index (χ2n) is 5.28. The molecule has 1 aromatic heterocycles. The maximum absolute atomic E-state index is 12.2. The van der Waals surface area contributed by atoms with Crippen molar-refractivity contribution >= 4 is 34.0 Å². The quantitative estimate of drug-likeness (QED) is 0.874. The molecule has 6 heteroatoms. The number of likely N-dealkylation sites (N-methyl/N-ethyl adjacent to an activating group) is 1. The van der Waals surface area contributed by atoms with Gasteiger partial charge in [-0.15, -0.1) is 11.3 Å². The van der Waals surface area contributed by atoms with Crippen molar-refractivity contribution in [2.45, 2.75) is 25.8 Å². The van der Waals surface area contributed by atoms with E-state index in [9.17, 15) is 4.79 Å². The van der Waals surface area contributed by atoms with Gasteiger partial charge in [-0.2, -0.15) is 0 Å². The van der Waals surface area contributed by atoms with Gasteiger partial charge in [-0.05, 0) is 32.1 Å². The molecular formula is C16H20ClN3OS. The van der Waals surface area contributed by atoms with Gasteiger partial charge in [-0.3, -0.25) is 9.69 Å². The molecule has 1 unspecified atom stereocenters. The third-order valence-electron chi connectivity index (χ3n) is 3.42. The maximum Gasteiger partial charge on any atom is 0.243 e. The summed E-state index contributed by atoms with van der Waals surface area (Å²) in [5.41, 5.74) is 1.06. The minimum Gasteiger partial charge on any atom is -0.301 e. The van der Waals surface area contributed by atoms with Crippen molar-refractivity contribution in [1.82, 2.24) is 9.88 Å². The van der Waals surface area contributed by atoms with Crippen LogP contribution < -0.4 is 5.32 Å². The highest BCUT2D eigenvalue weighted by Crippen LogP contribution is 2.24. The van der Waals surface area contributed by atoms with E-state index >= 15 is 0 Å². The highest BCUT2D eigenvalue weighted by molar-refractivity contribution is 7.15. The molecule has 118 valence electrons. The molecule has 4 nitrogen and oxygen atoms in total. The lowest BCUT2D eigenvalue weighted by molar-refractivity contribution is -0.120. The molecular weight excluding hydrogens is 318 g/mol. The van der Waals surface area contributed by atoms with E-state index in [1.54, 1.807) is 6.20 Å². The monoisotopic (exact) mass is 337 g/mol. The normalized spacial score (nSPS) is 12.4. The van der Waals surface area contributed by atoms with Crippen molar-refractivity contribution in [2.24, 2.45) is 0 Å². The van der Waals surface area contributed by atoms with Crippen molar-refractivity contribution in [3.05, 3.63) is 45.9 Å². The number of amides is 1. The SMILES string of the molecule is CCC(C(=O)Nc1ncc(Cc2ccccc2Cl)s1)N(C)C. The average Bonchev–Trinajstić information content (AvgIpc) is 2.89. The maximum atomic E-state index is 12.2. The fourth-order valence-corrected chi connectivity index (χ4v) is 3.29. The molecule has 0 aliphatic rings. The van der Waals surface area contributed by atoms with Gasteiger partial charge in [0.1, 0.15) is 0 Å². The summed E-state index contributed by atoms with van der Waals surface area (Å²) in [5.74, 6) is -0.0221. The van der Waals surface area contributed by atoms with Gasteiger partial charge < -0.3 is 5.32 Å². The van der Waals surface area contributed by atoms with Crippen molar-refractivity contribution in [3.63, 3.8) is 0 Å². The molecule has 0 spiro atoms. The van der Waals surface area contributed by atoms with Crippen molar-refractivity contribution in [1.29, 1.82) is 0 Å². The van der Waals surface area contributed by atoms with Crippen LogP contribution in [0.15, 0.2) is 30.5 Å². The van der Waals surface area contributed by atoms with E-state index in [-0.39, 0.29) is 11.9 Å². The van der Waals surface area contributed by atoms with Crippen LogP contribution >= 0.6 is 22.9 Å². The minimum atomic E-state index is -0.143. The first-order valence-corrected chi connectivity index (χ1v) is 8.36. The highest BCUT2D eigenvalue weighted by atomic mass is 35.5. The van der Waals surface area contributed by atoms with E-state index in [0.717, 1.165) is 28.3 Å². The number of halogens is 1. The lowest BCUT2D eigenvalue weighted by atomic mass is 10.1. The van der Waals surface area contributed by atoms with Gasteiger partial charge >= 0.3 is 0 Å². The summed E-state index contributed by atoms with van der Waals surface area (Å²) >= 11 is 7.65. The van der Waals surface area contributed by atoms with Crippen LogP contribution in [0.1, 0.15) is 23.8 Å². The van der Waals surface area contributed by atoms with E-state index in [4.69, 9.17) is 11.6 Å². The topological polar surface area (TPSA) is 45.2 Å². The zero-order valence-electron chi connectivity index (χ0n) is 13.0. The summed E-state index contributed by atoms with van der Waals surface area (Å²) in [6.45, 7) is 1.99. The number of nitrogens with one attached hydrogen (secondary N) is 1. The van der Waals surface area contributed by atoms with Gasteiger partial charge in [0, 0.05) is 22.5 Å². The molecule has 1 aromatic carbocycles. The average molecular weight is 338 g/mol. The molecule has 1 N–H and O–H groups in total. The van der Waals surface area contributed by atoms with Gasteiger partial charge in [-0.25, -0.2) is 4.98 Å². The molecule has 0 saturated carbocycles. The molecule has 0 fully saturated rings. The Morgan fingerprint density at radius 3 is 2.77 bits per heavy atom. The zero-order chi connectivity index (χ0) is 16.1. The molecule has 0 saturated heterocycles. The van der Waals surface area contributed by atoms with E-state index in [0.29, 0.717) is 5.13 Å². The number of thiazole rings is 1. The smallest absolute Gasteiger partial charge is 0.243 e. The number of rotatable bonds is 6. The third-order valence-corrected chi connectivity index (χ3v) is 4.70. The third kappa shape index (κ3) is 4.29. The Morgan fingerprint density at radius 2 is 2.14 bits per heavy atom. The molecule has 0 radical (unpaired) electrons. The van der Waals surface area contributed by atoms with Gasteiger partial charge in [0.2, 0.25) is 5.91 Å². The Hall–Kier alpha value is -1.43. The van der Waals surface area contributed by atoms with E-state index in [2.05, 4.69) is 10.3 Å². The van der Waals surface area contributed by atoms with Crippen LogP contribution in [-0.4, -0.2) is 35.9 Å². The molecule has 1 heterocycles. The van der Waals surface area contributed by atoms with Crippen LogP contribution in [-0.2, 0) is 11.2 Å². The highest BCUT2D eigenvalue weighted by Gasteiger charge is 2.19. The first kappa shape index (κ1) is 16.9. The molecule has 0 aliphatic heterocycles. The standard InChI is InChI=1S/C16H20ClN3OS/c1-4-14(20(2)3)15(21)19-16-18-10-12(22-16)9-11-7-5-6-8-13(11)17/h5-8,10,14H,4,9H2,1-3H3,(H,18,19,21). The van der Waals surface area contributed by atoms with Gasteiger partial charge in [0.05, 0.1) is 6.04 Å². The molecule has 2 aromatic rings. The fraction of sp³-hybridized carbons (Fsp3) is 0.375. The van der Waals surface area contributed by atoms with Crippen LogP contribution in [0.3, 0.4) is 0 Å². The second kappa shape index (κ2) is 7.72. The summed E-state index contributed by atoms with van der Waals surface area (Å²) in [4.78, 5) is 19.5. The minimum absolute atomic E-state index is 0.0221. The second-order valence-corrected chi connectivity index (χ2v) is 6.80. The number of benzene rings is 1. The molecule has 2 rings (SSSR count). The predicted molar refractivity (Wildman–Crippen MR) is 92.8 cm³/mol. The Labute approximate surface area is 140 Å². The Bertz CT molecular complexity index is 642. The predicted octanol–water partition coefficient (Wildman–Crippen LogP) is 3.67. The Kier molecular flexibility index (Phi) is 5.94.